The number of anilines is 2. The molecule has 0 amide bonds. The van der Waals surface area contributed by atoms with Gasteiger partial charge in [0.05, 0.1) is 18.6 Å². The number of hydrogen-bond acceptors (Lipinski definition) is 6. The fraction of sp³-hybridized carbons (Fsp3) is 0.409. The second-order valence-corrected chi connectivity index (χ2v) is 7.48. The Bertz CT molecular complexity index is 939. The summed E-state index contributed by atoms with van der Waals surface area (Å²) in [7, 11) is 0. The molecule has 6 nitrogen and oxygen atoms in total. The molecular weight excluding hydrogens is 350 g/mol. The third-order valence-corrected chi connectivity index (χ3v) is 5.04. The standard InChI is InChI=1S/C22H27N5O/c1-4-13-27(16(2)3)21-22(24-12-11-23-21)28-18-14-26(15-18)20-10-9-17-7-5-6-8-19(17)25-20/h5-12,16,18H,4,13-15H2,1-3H3. The molecule has 0 bridgehead atoms. The maximum Gasteiger partial charge on any atom is 0.258 e. The summed E-state index contributed by atoms with van der Waals surface area (Å²) >= 11 is 0. The number of fused-ring (bicyclic) bond motifs is 1. The van der Waals surface area contributed by atoms with E-state index in [1.54, 1.807) is 12.4 Å². The second-order valence-electron chi connectivity index (χ2n) is 7.48. The van der Waals surface area contributed by atoms with E-state index >= 15 is 0 Å². The molecule has 0 aliphatic carbocycles. The Morgan fingerprint density at radius 2 is 1.89 bits per heavy atom. The quantitative estimate of drug-likeness (QED) is 0.622. The monoisotopic (exact) mass is 377 g/mol. The van der Waals surface area contributed by atoms with E-state index in [-0.39, 0.29) is 6.10 Å². The summed E-state index contributed by atoms with van der Waals surface area (Å²) < 4.78 is 6.21. The van der Waals surface area contributed by atoms with Crippen molar-refractivity contribution >= 4 is 22.5 Å². The van der Waals surface area contributed by atoms with Crippen molar-refractivity contribution in [1.82, 2.24) is 15.0 Å². The number of ether oxygens (including phenoxy) is 1. The smallest absolute Gasteiger partial charge is 0.258 e. The van der Waals surface area contributed by atoms with Crippen LogP contribution in [0.4, 0.5) is 11.6 Å². The van der Waals surface area contributed by atoms with Crippen LogP contribution in [-0.4, -0.2) is 46.7 Å². The van der Waals surface area contributed by atoms with E-state index in [4.69, 9.17) is 9.72 Å². The molecule has 0 radical (unpaired) electrons. The van der Waals surface area contributed by atoms with Gasteiger partial charge in [-0.2, -0.15) is 0 Å². The van der Waals surface area contributed by atoms with E-state index in [0.29, 0.717) is 11.9 Å². The van der Waals surface area contributed by atoms with Gasteiger partial charge in [0, 0.05) is 30.4 Å². The molecule has 28 heavy (non-hydrogen) atoms. The molecule has 1 saturated heterocycles. The summed E-state index contributed by atoms with van der Waals surface area (Å²) in [6, 6.07) is 12.7. The fourth-order valence-corrected chi connectivity index (χ4v) is 3.54. The van der Waals surface area contributed by atoms with Crippen molar-refractivity contribution in [1.29, 1.82) is 0 Å². The van der Waals surface area contributed by atoms with Crippen LogP contribution in [-0.2, 0) is 0 Å². The first-order chi connectivity index (χ1) is 13.7. The first-order valence-electron chi connectivity index (χ1n) is 10.0. The van der Waals surface area contributed by atoms with Gasteiger partial charge in [0.25, 0.3) is 5.88 Å². The molecule has 2 aromatic heterocycles. The summed E-state index contributed by atoms with van der Waals surface area (Å²) in [6.07, 6.45) is 4.59. The van der Waals surface area contributed by atoms with Gasteiger partial charge in [-0.3, -0.25) is 0 Å². The van der Waals surface area contributed by atoms with Gasteiger partial charge in [-0.1, -0.05) is 25.1 Å². The minimum absolute atomic E-state index is 0.0966. The summed E-state index contributed by atoms with van der Waals surface area (Å²) in [5.74, 6) is 2.45. The predicted octanol–water partition coefficient (Wildman–Crippen LogP) is 3.92. The zero-order chi connectivity index (χ0) is 19.5. The summed E-state index contributed by atoms with van der Waals surface area (Å²) in [5, 5.41) is 1.16. The van der Waals surface area contributed by atoms with Gasteiger partial charge >= 0.3 is 0 Å². The van der Waals surface area contributed by atoms with Crippen molar-refractivity contribution in [3.8, 4) is 5.88 Å². The van der Waals surface area contributed by atoms with Crippen LogP contribution in [0.1, 0.15) is 27.2 Å². The van der Waals surface area contributed by atoms with Crippen LogP contribution in [0.25, 0.3) is 10.9 Å². The SMILES string of the molecule is CCCN(c1nccnc1OC1CN(c2ccc3ccccc3n2)C1)C(C)C. The van der Waals surface area contributed by atoms with E-state index in [2.05, 4.69) is 58.7 Å². The van der Waals surface area contributed by atoms with Crippen LogP contribution in [0, 0.1) is 0 Å². The highest BCUT2D eigenvalue weighted by Gasteiger charge is 2.31. The van der Waals surface area contributed by atoms with Crippen LogP contribution in [0.15, 0.2) is 48.8 Å². The molecule has 0 spiro atoms. The first-order valence-corrected chi connectivity index (χ1v) is 10.0. The zero-order valence-corrected chi connectivity index (χ0v) is 16.7. The third kappa shape index (κ3) is 3.72. The Hall–Kier alpha value is -2.89. The van der Waals surface area contributed by atoms with Crippen molar-refractivity contribution in [2.24, 2.45) is 0 Å². The molecule has 0 atom stereocenters. The van der Waals surface area contributed by atoms with Crippen LogP contribution < -0.4 is 14.5 Å². The number of rotatable bonds is 7. The summed E-state index contributed by atoms with van der Waals surface area (Å²) in [5.41, 5.74) is 1.02. The van der Waals surface area contributed by atoms with Crippen LogP contribution in [0.5, 0.6) is 5.88 Å². The van der Waals surface area contributed by atoms with Crippen molar-refractivity contribution in [2.75, 3.05) is 29.4 Å². The molecular formula is C22H27N5O. The first kappa shape index (κ1) is 18.5. The number of nitrogens with zero attached hydrogens (tertiary/aromatic N) is 5. The average molecular weight is 377 g/mol. The second kappa shape index (κ2) is 8.00. The zero-order valence-electron chi connectivity index (χ0n) is 16.7. The number of para-hydroxylation sites is 1. The molecule has 1 fully saturated rings. The summed E-state index contributed by atoms with van der Waals surface area (Å²) in [4.78, 5) is 18.3. The van der Waals surface area contributed by atoms with Gasteiger partial charge in [0.1, 0.15) is 11.9 Å². The van der Waals surface area contributed by atoms with E-state index in [0.717, 1.165) is 48.6 Å². The molecule has 3 heterocycles. The Balaban J connectivity index is 1.44. The molecule has 6 heteroatoms. The Morgan fingerprint density at radius 1 is 1.11 bits per heavy atom. The van der Waals surface area contributed by atoms with E-state index in [1.165, 1.54) is 0 Å². The van der Waals surface area contributed by atoms with E-state index < -0.39 is 0 Å². The van der Waals surface area contributed by atoms with Crippen LogP contribution in [0.2, 0.25) is 0 Å². The van der Waals surface area contributed by atoms with Crippen molar-refractivity contribution in [3.05, 3.63) is 48.8 Å². The Kier molecular flexibility index (Phi) is 5.28. The summed E-state index contributed by atoms with van der Waals surface area (Å²) in [6.45, 7) is 9.06. The van der Waals surface area contributed by atoms with E-state index in [9.17, 15) is 0 Å². The maximum atomic E-state index is 6.21. The molecule has 1 aliphatic rings. The van der Waals surface area contributed by atoms with E-state index in [1.807, 2.05) is 18.2 Å². The number of benzene rings is 1. The lowest BCUT2D eigenvalue weighted by atomic mass is 10.1. The molecule has 3 aromatic rings. The molecule has 146 valence electrons. The minimum Gasteiger partial charge on any atom is -0.468 e. The van der Waals surface area contributed by atoms with Gasteiger partial charge in [0.2, 0.25) is 0 Å². The van der Waals surface area contributed by atoms with Gasteiger partial charge < -0.3 is 14.5 Å². The van der Waals surface area contributed by atoms with Crippen molar-refractivity contribution in [2.45, 2.75) is 39.3 Å². The topological polar surface area (TPSA) is 54.4 Å². The highest BCUT2D eigenvalue weighted by atomic mass is 16.5. The number of pyridine rings is 1. The molecule has 0 saturated carbocycles. The molecule has 0 N–H and O–H groups in total. The lowest BCUT2D eigenvalue weighted by molar-refractivity contribution is 0.159. The van der Waals surface area contributed by atoms with Crippen LogP contribution in [0.3, 0.4) is 0 Å². The van der Waals surface area contributed by atoms with Gasteiger partial charge in [-0.05, 0) is 38.5 Å². The maximum absolute atomic E-state index is 6.21. The highest BCUT2D eigenvalue weighted by Crippen LogP contribution is 2.29. The largest absolute Gasteiger partial charge is 0.468 e. The predicted molar refractivity (Wildman–Crippen MR) is 113 cm³/mol. The lowest BCUT2D eigenvalue weighted by Crippen LogP contribution is -2.54. The molecule has 4 rings (SSSR count). The van der Waals surface area contributed by atoms with Gasteiger partial charge in [0.15, 0.2) is 5.82 Å². The normalized spacial score (nSPS) is 14.4. The number of aromatic nitrogens is 3. The van der Waals surface area contributed by atoms with Crippen LogP contribution >= 0.6 is 0 Å². The van der Waals surface area contributed by atoms with Gasteiger partial charge in [-0.25, -0.2) is 15.0 Å². The average Bonchev–Trinajstić information content (AvgIpc) is 2.68. The Morgan fingerprint density at radius 3 is 2.68 bits per heavy atom. The fourth-order valence-electron chi connectivity index (χ4n) is 3.54. The molecule has 1 aliphatic heterocycles. The Labute approximate surface area is 166 Å². The highest BCUT2D eigenvalue weighted by molar-refractivity contribution is 5.80. The van der Waals surface area contributed by atoms with Crippen molar-refractivity contribution < 1.29 is 4.74 Å². The number of hydrogen-bond donors (Lipinski definition) is 0. The lowest BCUT2D eigenvalue weighted by Gasteiger charge is -2.40. The molecule has 0 unspecified atom stereocenters. The van der Waals surface area contributed by atoms with Gasteiger partial charge in [-0.15, -0.1) is 0 Å². The minimum atomic E-state index is 0.0966. The van der Waals surface area contributed by atoms with Crippen molar-refractivity contribution in [3.63, 3.8) is 0 Å². The third-order valence-electron chi connectivity index (χ3n) is 5.04. The molecule has 1 aromatic carbocycles.